The third-order valence-electron chi connectivity index (χ3n) is 3.40. The van der Waals surface area contributed by atoms with Gasteiger partial charge in [0, 0.05) is 17.6 Å². The van der Waals surface area contributed by atoms with Crippen LogP contribution in [-0.4, -0.2) is 28.4 Å². The number of hydrogen-bond acceptors (Lipinski definition) is 4. The van der Waals surface area contributed by atoms with E-state index in [2.05, 4.69) is 15.5 Å². The van der Waals surface area contributed by atoms with Crippen molar-refractivity contribution < 1.29 is 14.6 Å². The largest absolute Gasteiger partial charge is 0.497 e. The number of nitrogens with one attached hydrogen (secondary N) is 2. The topological polar surface area (TPSA) is 87.2 Å². The van der Waals surface area contributed by atoms with E-state index in [1.807, 2.05) is 36.4 Å². The SMILES string of the molecule is COc1cccc(CNc2ccc3c(C(=O)O)n[nH]c3c2)c1. The molecule has 0 unspecified atom stereocenters. The number of benzene rings is 2. The summed E-state index contributed by atoms with van der Waals surface area (Å²) in [5.74, 6) is -0.224. The fourth-order valence-corrected chi connectivity index (χ4v) is 2.28. The number of aromatic amines is 1. The lowest BCUT2D eigenvalue weighted by molar-refractivity contribution is 0.0692. The number of ether oxygens (including phenoxy) is 1. The zero-order valence-electron chi connectivity index (χ0n) is 12.0. The van der Waals surface area contributed by atoms with Gasteiger partial charge in [-0.05, 0) is 35.9 Å². The summed E-state index contributed by atoms with van der Waals surface area (Å²) in [5, 5.41) is 19.5. The van der Waals surface area contributed by atoms with E-state index < -0.39 is 5.97 Å². The maximum atomic E-state index is 11.0. The molecule has 0 saturated carbocycles. The highest BCUT2D eigenvalue weighted by molar-refractivity contribution is 6.01. The van der Waals surface area contributed by atoms with Gasteiger partial charge in [0.05, 0.1) is 12.6 Å². The Bertz CT molecular complexity index is 826. The van der Waals surface area contributed by atoms with E-state index >= 15 is 0 Å². The van der Waals surface area contributed by atoms with E-state index in [1.165, 1.54) is 0 Å². The van der Waals surface area contributed by atoms with Gasteiger partial charge in [-0.2, -0.15) is 5.10 Å². The molecule has 112 valence electrons. The molecule has 0 bridgehead atoms. The molecule has 0 fully saturated rings. The number of aromatic carboxylic acids is 1. The second kappa shape index (κ2) is 5.77. The van der Waals surface area contributed by atoms with E-state index in [0.29, 0.717) is 17.4 Å². The summed E-state index contributed by atoms with van der Waals surface area (Å²) in [7, 11) is 1.64. The van der Waals surface area contributed by atoms with Gasteiger partial charge in [-0.1, -0.05) is 12.1 Å². The number of carboxylic acid groups (broad SMARTS) is 1. The third-order valence-corrected chi connectivity index (χ3v) is 3.40. The molecule has 0 spiro atoms. The van der Waals surface area contributed by atoms with Crippen molar-refractivity contribution in [3.05, 3.63) is 53.7 Å². The Balaban J connectivity index is 1.78. The molecule has 0 aliphatic heterocycles. The van der Waals surface area contributed by atoms with E-state index in [0.717, 1.165) is 17.0 Å². The molecule has 1 heterocycles. The monoisotopic (exact) mass is 297 g/mol. The van der Waals surface area contributed by atoms with Crippen LogP contribution >= 0.6 is 0 Å². The summed E-state index contributed by atoms with van der Waals surface area (Å²) >= 11 is 0. The molecule has 0 atom stereocenters. The predicted octanol–water partition coefficient (Wildman–Crippen LogP) is 2.88. The van der Waals surface area contributed by atoms with Crippen LogP contribution in [0.5, 0.6) is 5.75 Å². The number of hydrogen-bond donors (Lipinski definition) is 3. The van der Waals surface area contributed by atoms with Crippen LogP contribution in [0, 0.1) is 0 Å². The van der Waals surface area contributed by atoms with Crippen LogP contribution < -0.4 is 10.1 Å². The number of aromatic nitrogens is 2. The zero-order valence-corrected chi connectivity index (χ0v) is 12.0. The number of anilines is 1. The average molecular weight is 297 g/mol. The molecular formula is C16H15N3O3. The van der Waals surface area contributed by atoms with E-state index in [4.69, 9.17) is 9.84 Å². The summed E-state index contributed by atoms with van der Waals surface area (Å²) in [6, 6.07) is 13.2. The Morgan fingerprint density at radius 2 is 2.18 bits per heavy atom. The minimum atomic E-state index is -1.04. The van der Waals surface area contributed by atoms with Crippen molar-refractivity contribution in [2.45, 2.75) is 6.54 Å². The fourth-order valence-electron chi connectivity index (χ4n) is 2.28. The van der Waals surface area contributed by atoms with Crippen molar-refractivity contribution in [2.75, 3.05) is 12.4 Å². The molecule has 3 N–H and O–H groups in total. The number of fused-ring (bicyclic) bond motifs is 1. The molecule has 6 heteroatoms. The van der Waals surface area contributed by atoms with Gasteiger partial charge in [0.15, 0.2) is 5.69 Å². The Morgan fingerprint density at radius 3 is 2.95 bits per heavy atom. The quantitative estimate of drug-likeness (QED) is 0.674. The maximum Gasteiger partial charge on any atom is 0.357 e. The van der Waals surface area contributed by atoms with Gasteiger partial charge in [0.25, 0.3) is 0 Å². The van der Waals surface area contributed by atoms with Crippen molar-refractivity contribution >= 4 is 22.6 Å². The van der Waals surface area contributed by atoms with Crippen LogP contribution in [0.1, 0.15) is 16.1 Å². The van der Waals surface area contributed by atoms with Gasteiger partial charge < -0.3 is 15.2 Å². The molecule has 3 rings (SSSR count). The van der Waals surface area contributed by atoms with Crippen LogP contribution in [0.2, 0.25) is 0 Å². The van der Waals surface area contributed by atoms with Gasteiger partial charge in [0.2, 0.25) is 0 Å². The highest BCUT2D eigenvalue weighted by Gasteiger charge is 2.12. The Morgan fingerprint density at radius 1 is 1.32 bits per heavy atom. The number of nitrogens with zero attached hydrogens (tertiary/aromatic N) is 1. The molecule has 3 aromatic rings. The van der Waals surface area contributed by atoms with Crippen molar-refractivity contribution in [1.29, 1.82) is 0 Å². The summed E-state index contributed by atoms with van der Waals surface area (Å²) in [4.78, 5) is 11.0. The van der Waals surface area contributed by atoms with Crippen molar-refractivity contribution in [3.63, 3.8) is 0 Å². The van der Waals surface area contributed by atoms with Crippen LogP contribution in [0.25, 0.3) is 10.9 Å². The normalized spacial score (nSPS) is 10.6. The van der Waals surface area contributed by atoms with E-state index in [9.17, 15) is 4.79 Å². The zero-order chi connectivity index (χ0) is 15.5. The smallest absolute Gasteiger partial charge is 0.357 e. The van der Waals surface area contributed by atoms with Gasteiger partial charge in [-0.25, -0.2) is 4.79 Å². The third kappa shape index (κ3) is 2.71. The minimum absolute atomic E-state index is 0.0364. The van der Waals surface area contributed by atoms with Crippen LogP contribution in [0.3, 0.4) is 0 Å². The predicted molar refractivity (Wildman–Crippen MR) is 83.4 cm³/mol. The summed E-state index contributed by atoms with van der Waals surface area (Å²) in [6.07, 6.45) is 0. The number of rotatable bonds is 5. The fraction of sp³-hybridized carbons (Fsp3) is 0.125. The second-order valence-electron chi connectivity index (χ2n) is 4.84. The number of methoxy groups -OCH3 is 1. The number of H-pyrrole nitrogens is 1. The van der Waals surface area contributed by atoms with Gasteiger partial charge in [0.1, 0.15) is 5.75 Å². The summed E-state index contributed by atoms with van der Waals surface area (Å²) in [6.45, 7) is 0.641. The average Bonchev–Trinajstić information content (AvgIpc) is 2.96. The molecule has 22 heavy (non-hydrogen) atoms. The minimum Gasteiger partial charge on any atom is -0.497 e. The maximum absolute atomic E-state index is 11.0. The highest BCUT2D eigenvalue weighted by atomic mass is 16.5. The highest BCUT2D eigenvalue weighted by Crippen LogP contribution is 2.21. The standard InChI is InChI=1S/C16H15N3O3/c1-22-12-4-2-3-10(7-12)9-17-11-5-6-13-14(8-11)18-19-15(13)16(20)21/h2-8,17H,9H2,1H3,(H,18,19)(H,20,21). The molecule has 0 saturated heterocycles. The number of carbonyl (C=O) groups is 1. The Hall–Kier alpha value is -3.02. The molecule has 1 aromatic heterocycles. The van der Waals surface area contributed by atoms with Crippen molar-refractivity contribution in [2.24, 2.45) is 0 Å². The van der Waals surface area contributed by atoms with Crippen LogP contribution in [0.15, 0.2) is 42.5 Å². The van der Waals surface area contributed by atoms with Crippen LogP contribution in [-0.2, 0) is 6.54 Å². The molecule has 0 aliphatic carbocycles. The van der Waals surface area contributed by atoms with Crippen LogP contribution in [0.4, 0.5) is 5.69 Å². The molecule has 0 radical (unpaired) electrons. The summed E-state index contributed by atoms with van der Waals surface area (Å²) < 4.78 is 5.19. The van der Waals surface area contributed by atoms with Crippen molar-refractivity contribution in [1.82, 2.24) is 10.2 Å². The van der Waals surface area contributed by atoms with Gasteiger partial charge in [-0.15, -0.1) is 0 Å². The molecule has 2 aromatic carbocycles. The van der Waals surface area contributed by atoms with E-state index in [-0.39, 0.29) is 5.69 Å². The molecule has 0 aliphatic rings. The molecular weight excluding hydrogens is 282 g/mol. The lowest BCUT2D eigenvalue weighted by Gasteiger charge is -2.08. The Kier molecular flexibility index (Phi) is 3.65. The van der Waals surface area contributed by atoms with Gasteiger partial charge in [-0.3, -0.25) is 5.10 Å². The number of carboxylic acids is 1. The first-order valence-electron chi connectivity index (χ1n) is 6.75. The lowest BCUT2D eigenvalue weighted by Crippen LogP contribution is -2.00. The lowest BCUT2D eigenvalue weighted by atomic mass is 10.1. The Labute approximate surface area is 126 Å². The van der Waals surface area contributed by atoms with Crippen molar-refractivity contribution in [3.8, 4) is 5.75 Å². The second-order valence-corrected chi connectivity index (χ2v) is 4.84. The first kappa shape index (κ1) is 13.9. The summed E-state index contributed by atoms with van der Waals surface area (Å²) in [5.41, 5.74) is 2.70. The molecule has 6 nitrogen and oxygen atoms in total. The molecule has 0 amide bonds. The van der Waals surface area contributed by atoms with E-state index in [1.54, 1.807) is 13.2 Å². The van der Waals surface area contributed by atoms with Gasteiger partial charge >= 0.3 is 5.97 Å². The first-order valence-corrected chi connectivity index (χ1v) is 6.75. The first-order chi connectivity index (χ1) is 10.7.